The molecule has 1 aromatic rings. The average molecular weight is 276 g/mol. The summed E-state index contributed by atoms with van der Waals surface area (Å²) in [7, 11) is 0. The third-order valence-electron chi connectivity index (χ3n) is 4.29. The SMILES string of the molecule is CCNCc1c(C)cc(C)nc1OC1CCCCC1C. The van der Waals surface area contributed by atoms with Crippen LogP contribution in [0.1, 0.15) is 56.4 Å². The van der Waals surface area contributed by atoms with Gasteiger partial charge in [-0.25, -0.2) is 4.98 Å². The van der Waals surface area contributed by atoms with Crippen LogP contribution >= 0.6 is 0 Å². The van der Waals surface area contributed by atoms with Crippen LogP contribution in [0.15, 0.2) is 6.07 Å². The van der Waals surface area contributed by atoms with Gasteiger partial charge in [0.05, 0.1) is 0 Å². The molecule has 3 heteroatoms. The fourth-order valence-electron chi connectivity index (χ4n) is 2.99. The standard InChI is InChI=1S/C17H28N2O/c1-5-18-11-15-13(3)10-14(4)19-17(15)20-16-9-7-6-8-12(16)2/h10,12,16,18H,5-9,11H2,1-4H3. The summed E-state index contributed by atoms with van der Waals surface area (Å²) in [6, 6.07) is 2.14. The fraction of sp³-hybridized carbons (Fsp3) is 0.706. The zero-order chi connectivity index (χ0) is 14.5. The van der Waals surface area contributed by atoms with E-state index in [-0.39, 0.29) is 0 Å². The van der Waals surface area contributed by atoms with Gasteiger partial charge in [-0.3, -0.25) is 0 Å². The second kappa shape index (κ2) is 7.07. The van der Waals surface area contributed by atoms with Gasteiger partial charge in [-0.05, 0) is 57.2 Å². The van der Waals surface area contributed by atoms with Gasteiger partial charge in [-0.15, -0.1) is 0 Å². The zero-order valence-corrected chi connectivity index (χ0v) is 13.3. The Kier molecular flexibility index (Phi) is 5.41. The Morgan fingerprint density at radius 3 is 2.75 bits per heavy atom. The van der Waals surface area contributed by atoms with Crippen LogP contribution in [0.2, 0.25) is 0 Å². The molecule has 20 heavy (non-hydrogen) atoms. The first-order valence-electron chi connectivity index (χ1n) is 7.96. The highest BCUT2D eigenvalue weighted by Gasteiger charge is 2.24. The average Bonchev–Trinajstić information content (AvgIpc) is 2.40. The Bertz CT molecular complexity index is 445. The molecule has 1 aliphatic carbocycles. The van der Waals surface area contributed by atoms with Crippen LogP contribution in [-0.2, 0) is 6.54 Å². The molecule has 0 saturated heterocycles. The van der Waals surface area contributed by atoms with Crippen LogP contribution in [0.4, 0.5) is 0 Å². The number of hydrogen-bond acceptors (Lipinski definition) is 3. The van der Waals surface area contributed by atoms with E-state index < -0.39 is 0 Å². The van der Waals surface area contributed by atoms with E-state index in [1.807, 2.05) is 6.92 Å². The highest BCUT2D eigenvalue weighted by atomic mass is 16.5. The highest BCUT2D eigenvalue weighted by molar-refractivity contribution is 5.36. The lowest BCUT2D eigenvalue weighted by Crippen LogP contribution is -2.29. The maximum absolute atomic E-state index is 6.31. The Balaban J connectivity index is 2.19. The molecule has 0 aliphatic heterocycles. The van der Waals surface area contributed by atoms with Crippen LogP contribution in [-0.4, -0.2) is 17.6 Å². The predicted molar refractivity (Wildman–Crippen MR) is 83.1 cm³/mol. The Hall–Kier alpha value is -1.09. The largest absolute Gasteiger partial charge is 0.474 e. The highest BCUT2D eigenvalue weighted by Crippen LogP contribution is 2.30. The van der Waals surface area contributed by atoms with E-state index in [9.17, 15) is 0 Å². The number of ether oxygens (including phenoxy) is 1. The molecule has 0 amide bonds. The van der Waals surface area contributed by atoms with Crippen LogP contribution < -0.4 is 10.1 Å². The summed E-state index contributed by atoms with van der Waals surface area (Å²) in [5.41, 5.74) is 3.54. The fourth-order valence-corrected chi connectivity index (χ4v) is 2.99. The van der Waals surface area contributed by atoms with Gasteiger partial charge in [-0.1, -0.05) is 20.3 Å². The minimum atomic E-state index is 0.331. The van der Waals surface area contributed by atoms with Crippen LogP contribution in [0.3, 0.4) is 0 Å². The zero-order valence-electron chi connectivity index (χ0n) is 13.3. The molecule has 3 nitrogen and oxygen atoms in total. The normalized spacial score (nSPS) is 22.8. The minimum absolute atomic E-state index is 0.331. The van der Waals surface area contributed by atoms with Gasteiger partial charge in [0.25, 0.3) is 0 Å². The first-order valence-corrected chi connectivity index (χ1v) is 7.96. The summed E-state index contributed by atoms with van der Waals surface area (Å²) in [5.74, 6) is 1.49. The quantitative estimate of drug-likeness (QED) is 0.889. The Morgan fingerprint density at radius 1 is 1.30 bits per heavy atom. The van der Waals surface area contributed by atoms with E-state index in [2.05, 4.69) is 37.1 Å². The molecule has 1 aromatic heterocycles. The van der Waals surface area contributed by atoms with Crippen molar-refractivity contribution in [1.29, 1.82) is 0 Å². The van der Waals surface area contributed by atoms with E-state index in [1.54, 1.807) is 0 Å². The summed E-state index contributed by atoms with van der Waals surface area (Å²) in [4.78, 5) is 4.65. The molecule has 0 aromatic carbocycles. The molecule has 1 N–H and O–H groups in total. The maximum atomic E-state index is 6.31. The first-order chi connectivity index (χ1) is 9.61. The smallest absolute Gasteiger partial charge is 0.218 e. The van der Waals surface area contributed by atoms with Gasteiger partial charge < -0.3 is 10.1 Å². The molecule has 1 saturated carbocycles. The first kappa shape index (κ1) is 15.3. The lowest BCUT2D eigenvalue weighted by molar-refractivity contribution is 0.0960. The van der Waals surface area contributed by atoms with Gasteiger partial charge >= 0.3 is 0 Å². The molecule has 0 spiro atoms. The molecule has 2 atom stereocenters. The predicted octanol–water partition coefficient (Wildman–Crippen LogP) is 3.77. The van der Waals surface area contributed by atoms with Crippen LogP contribution in [0.25, 0.3) is 0 Å². The second-order valence-corrected chi connectivity index (χ2v) is 6.06. The molecule has 0 radical (unpaired) electrons. The van der Waals surface area contributed by atoms with E-state index in [0.29, 0.717) is 12.0 Å². The van der Waals surface area contributed by atoms with Crippen molar-refractivity contribution >= 4 is 0 Å². The van der Waals surface area contributed by atoms with Gasteiger partial charge in [0.15, 0.2) is 0 Å². The summed E-state index contributed by atoms with van der Waals surface area (Å²) in [5, 5.41) is 3.39. The molecular formula is C17H28N2O. The topological polar surface area (TPSA) is 34.2 Å². The number of rotatable bonds is 5. The summed E-state index contributed by atoms with van der Waals surface area (Å²) in [6.45, 7) is 10.4. The van der Waals surface area contributed by atoms with Crippen molar-refractivity contribution in [2.75, 3.05) is 6.54 Å². The number of nitrogens with one attached hydrogen (secondary N) is 1. The number of pyridine rings is 1. The lowest BCUT2D eigenvalue weighted by Gasteiger charge is -2.30. The number of hydrogen-bond donors (Lipinski definition) is 1. The van der Waals surface area contributed by atoms with Crippen molar-refractivity contribution in [2.45, 2.75) is 66.0 Å². The molecule has 0 bridgehead atoms. The van der Waals surface area contributed by atoms with Crippen molar-refractivity contribution < 1.29 is 4.74 Å². The number of nitrogens with zero attached hydrogens (tertiary/aromatic N) is 1. The van der Waals surface area contributed by atoms with E-state index >= 15 is 0 Å². The number of aryl methyl sites for hydroxylation is 2. The van der Waals surface area contributed by atoms with Gasteiger partial charge in [0.2, 0.25) is 5.88 Å². The van der Waals surface area contributed by atoms with Crippen LogP contribution in [0.5, 0.6) is 5.88 Å². The molecular weight excluding hydrogens is 248 g/mol. The summed E-state index contributed by atoms with van der Waals surface area (Å²) < 4.78 is 6.31. The van der Waals surface area contributed by atoms with Crippen molar-refractivity contribution in [2.24, 2.45) is 5.92 Å². The van der Waals surface area contributed by atoms with Gasteiger partial charge in [0, 0.05) is 17.8 Å². The van der Waals surface area contributed by atoms with Crippen LogP contribution in [0, 0.1) is 19.8 Å². The van der Waals surface area contributed by atoms with E-state index in [0.717, 1.165) is 31.1 Å². The molecule has 2 rings (SSSR count). The lowest BCUT2D eigenvalue weighted by atomic mass is 9.88. The maximum Gasteiger partial charge on any atom is 0.218 e. The van der Waals surface area contributed by atoms with E-state index in [4.69, 9.17) is 4.74 Å². The number of aromatic nitrogens is 1. The third-order valence-corrected chi connectivity index (χ3v) is 4.29. The minimum Gasteiger partial charge on any atom is -0.474 e. The molecule has 2 unspecified atom stereocenters. The molecule has 1 heterocycles. The van der Waals surface area contributed by atoms with Gasteiger partial charge in [0.1, 0.15) is 6.10 Å². The Morgan fingerprint density at radius 2 is 2.05 bits per heavy atom. The Labute approximate surface area is 123 Å². The molecule has 1 fully saturated rings. The second-order valence-electron chi connectivity index (χ2n) is 6.06. The van der Waals surface area contributed by atoms with Crippen molar-refractivity contribution in [3.8, 4) is 5.88 Å². The van der Waals surface area contributed by atoms with E-state index in [1.165, 1.54) is 30.4 Å². The monoisotopic (exact) mass is 276 g/mol. The van der Waals surface area contributed by atoms with Crippen molar-refractivity contribution in [1.82, 2.24) is 10.3 Å². The summed E-state index contributed by atoms with van der Waals surface area (Å²) >= 11 is 0. The molecule has 112 valence electrons. The van der Waals surface area contributed by atoms with Gasteiger partial charge in [-0.2, -0.15) is 0 Å². The van der Waals surface area contributed by atoms with Crippen molar-refractivity contribution in [3.63, 3.8) is 0 Å². The third kappa shape index (κ3) is 3.72. The summed E-state index contributed by atoms with van der Waals surface area (Å²) in [6.07, 6.45) is 5.39. The molecule has 1 aliphatic rings. The van der Waals surface area contributed by atoms with Crippen molar-refractivity contribution in [3.05, 3.63) is 22.9 Å².